The largest absolute Gasteiger partial charge is 0.437 e. The molecule has 1 aliphatic rings. The van der Waals surface area contributed by atoms with Crippen LogP contribution in [0.4, 0.5) is 28.0 Å². The Morgan fingerprint density at radius 2 is 2.06 bits per heavy atom. The number of benzene rings is 1. The standard InChI is InChI=1S/C18H14F4N6O3/c1-27-25-15(24-26-27)13-5-2-9(7-23-13)11-4-3-10(6-12(11)19)28-8-14(31-17(28)30)18(21,22)16(20)29/h2-7,14,16,29H,8H2,1H3/t14-,16+/m0/s1. The molecular formula is C18H14F4N6O3. The summed E-state index contributed by atoms with van der Waals surface area (Å²) in [6.45, 7) is -0.757. The highest BCUT2D eigenvalue weighted by molar-refractivity contribution is 5.90. The zero-order valence-electron chi connectivity index (χ0n) is 15.8. The first-order chi connectivity index (χ1) is 14.7. The zero-order valence-corrected chi connectivity index (χ0v) is 15.8. The third-order valence-corrected chi connectivity index (χ3v) is 4.63. The van der Waals surface area contributed by atoms with E-state index in [-0.39, 0.29) is 11.3 Å². The van der Waals surface area contributed by atoms with Crippen molar-refractivity contribution in [1.82, 2.24) is 25.2 Å². The summed E-state index contributed by atoms with van der Waals surface area (Å²) in [6.07, 6.45) is -5.53. The molecule has 0 spiro atoms. The second-order valence-corrected chi connectivity index (χ2v) is 6.69. The number of tetrazole rings is 1. The number of alkyl halides is 3. The number of cyclic esters (lactones) is 1. The maximum absolute atomic E-state index is 14.7. The number of anilines is 1. The molecule has 1 amide bonds. The quantitative estimate of drug-likeness (QED) is 0.610. The van der Waals surface area contributed by atoms with Gasteiger partial charge in [0.15, 0.2) is 6.10 Å². The minimum Gasteiger partial charge on any atom is -0.437 e. The Labute approximate surface area is 171 Å². The number of carbonyl (C=O) groups excluding carboxylic acids is 1. The predicted molar refractivity (Wildman–Crippen MR) is 97.1 cm³/mol. The first kappa shape index (κ1) is 20.7. The van der Waals surface area contributed by atoms with Crippen molar-refractivity contribution >= 4 is 11.8 Å². The van der Waals surface area contributed by atoms with E-state index in [1.165, 1.54) is 23.1 Å². The molecule has 1 saturated heterocycles. The molecule has 1 aromatic carbocycles. The zero-order chi connectivity index (χ0) is 22.3. The van der Waals surface area contributed by atoms with Crippen molar-refractivity contribution in [1.29, 1.82) is 0 Å². The predicted octanol–water partition coefficient (Wildman–Crippen LogP) is 2.33. The van der Waals surface area contributed by atoms with Gasteiger partial charge in [-0.3, -0.25) is 9.88 Å². The lowest BCUT2D eigenvalue weighted by atomic mass is 10.1. The topological polar surface area (TPSA) is 106 Å². The Morgan fingerprint density at radius 3 is 2.65 bits per heavy atom. The molecule has 3 aromatic rings. The summed E-state index contributed by atoms with van der Waals surface area (Å²) in [5.41, 5.74) is 0.913. The normalized spacial score (nSPS) is 17.7. The van der Waals surface area contributed by atoms with E-state index >= 15 is 0 Å². The fourth-order valence-electron chi connectivity index (χ4n) is 3.01. The molecular weight excluding hydrogens is 424 g/mol. The summed E-state index contributed by atoms with van der Waals surface area (Å²) < 4.78 is 59.1. The Morgan fingerprint density at radius 1 is 1.29 bits per heavy atom. The van der Waals surface area contributed by atoms with Gasteiger partial charge in [-0.2, -0.15) is 13.6 Å². The number of halogens is 4. The van der Waals surface area contributed by atoms with Crippen molar-refractivity contribution in [3.63, 3.8) is 0 Å². The van der Waals surface area contributed by atoms with E-state index in [4.69, 9.17) is 5.11 Å². The van der Waals surface area contributed by atoms with Gasteiger partial charge in [0.05, 0.1) is 19.3 Å². The lowest BCUT2D eigenvalue weighted by Gasteiger charge is -2.21. The van der Waals surface area contributed by atoms with Crippen LogP contribution in [0.2, 0.25) is 0 Å². The summed E-state index contributed by atoms with van der Waals surface area (Å²) >= 11 is 0. The number of amides is 1. The van der Waals surface area contributed by atoms with Gasteiger partial charge < -0.3 is 9.84 Å². The van der Waals surface area contributed by atoms with Gasteiger partial charge in [-0.1, -0.05) is 6.07 Å². The van der Waals surface area contributed by atoms with Crippen LogP contribution >= 0.6 is 0 Å². The minimum atomic E-state index is -4.30. The average Bonchev–Trinajstić information content (AvgIpc) is 3.34. The summed E-state index contributed by atoms with van der Waals surface area (Å²) in [5, 5.41) is 20.1. The van der Waals surface area contributed by atoms with E-state index in [2.05, 4.69) is 25.1 Å². The van der Waals surface area contributed by atoms with E-state index < -0.39 is 36.8 Å². The van der Waals surface area contributed by atoms with Gasteiger partial charge in [0.2, 0.25) is 5.82 Å². The first-order valence-corrected chi connectivity index (χ1v) is 8.85. The molecule has 0 bridgehead atoms. The van der Waals surface area contributed by atoms with Crippen LogP contribution in [0.5, 0.6) is 0 Å². The molecule has 0 radical (unpaired) electrons. The molecule has 3 heterocycles. The Hall–Kier alpha value is -3.61. The molecule has 9 nitrogen and oxygen atoms in total. The number of aromatic nitrogens is 5. The number of hydrogen-bond acceptors (Lipinski definition) is 7. The fraction of sp³-hybridized carbons (Fsp3) is 0.278. The van der Waals surface area contributed by atoms with Gasteiger partial charge in [-0.25, -0.2) is 13.6 Å². The molecule has 2 atom stereocenters. The summed E-state index contributed by atoms with van der Waals surface area (Å²) in [7, 11) is 1.60. The van der Waals surface area contributed by atoms with Gasteiger partial charge in [0.25, 0.3) is 6.36 Å². The van der Waals surface area contributed by atoms with Crippen LogP contribution in [0.25, 0.3) is 22.6 Å². The number of aryl methyl sites for hydroxylation is 1. The highest BCUT2D eigenvalue weighted by Crippen LogP contribution is 2.34. The average molecular weight is 438 g/mol. The van der Waals surface area contributed by atoms with E-state index in [9.17, 15) is 22.4 Å². The molecule has 162 valence electrons. The minimum absolute atomic E-state index is 0.0637. The van der Waals surface area contributed by atoms with Crippen LogP contribution < -0.4 is 4.90 Å². The number of rotatable bonds is 5. The molecule has 2 aromatic heterocycles. The number of aliphatic hydroxyl groups is 1. The molecule has 13 heteroatoms. The third kappa shape index (κ3) is 3.79. The summed E-state index contributed by atoms with van der Waals surface area (Å²) in [6, 6.07) is 6.78. The maximum Gasteiger partial charge on any atom is 0.414 e. The molecule has 0 unspecified atom stereocenters. The lowest BCUT2D eigenvalue weighted by molar-refractivity contribution is -0.209. The number of carbonyl (C=O) groups is 1. The van der Waals surface area contributed by atoms with Crippen LogP contribution in [-0.4, -0.2) is 61.3 Å². The van der Waals surface area contributed by atoms with E-state index in [0.717, 1.165) is 11.0 Å². The molecule has 1 fully saturated rings. The van der Waals surface area contributed by atoms with Crippen LogP contribution in [0, 0.1) is 5.82 Å². The molecule has 0 aliphatic carbocycles. The number of aliphatic hydroxyl groups excluding tert-OH is 1. The van der Waals surface area contributed by atoms with Gasteiger partial charge in [0.1, 0.15) is 11.5 Å². The monoisotopic (exact) mass is 438 g/mol. The molecule has 1 aliphatic heterocycles. The van der Waals surface area contributed by atoms with Crippen molar-refractivity contribution in [2.45, 2.75) is 18.4 Å². The van der Waals surface area contributed by atoms with Gasteiger partial charge in [0, 0.05) is 17.3 Å². The van der Waals surface area contributed by atoms with Crippen molar-refractivity contribution in [3.05, 3.63) is 42.3 Å². The van der Waals surface area contributed by atoms with Crippen molar-refractivity contribution in [3.8, 4) is 22.6 Å². The molecule has 31 heavy (non-hydrogen) atoms. The van der Waals surface area contributed by atoms with E-state index in [0.29, 0.717) is 17.1 Å². The lowest BCUT2D eigenvalue weighted by Crippen LogP contribution is -2.44. The second-order valence-electron chi connectivity index (χ2n) is 6.69. The van der Waals surface area contributed by atoms with Crippen LogP contribution in [0.3, 0.4) is 0 Å². The van der Waals surface area contributed by atoms with Crippen LogP contribution in [0.15, 0.2) is 36.5 Å². The summed E-state index contributed by atoms with van der Waals surface area (Å²) in [5.74, 6) is -4.76. The van der Waals surface area contributed by atoms with Crippen molar-refractivity contribution < 1.29 is 32.2 Å². The number of nitrogens with zero attached hydrogens (tertiary/aromatic N) is 6. The SMILES string of the molecule is Cn1nnc(-c2ccc(-c3ccc(N4C[C@@H](C(F)(F)[C@@H](O)F)OC4=O)cc3F)cn2)n1. The molecule has 1 N–H and O–H groups in total. The number of ether oxygens (including phenoxy) is 1. The van der Waals surface area contributed by atoms with Crippen molar-refractivity contribution in [2.75, 3.05) is 11.4 Å². The summed E-state index contributed by atoms with van der Waals surface area (Å²) in [4.78, 5) is 18.1. The number of pyridine rings is 1. The highest BCUT2D eigenvalue weighted by atomic mass is 19.3. The highest BCUT2D eigenvalue weighted by Gasteiger charge is 2.54. The maximum atomic E-state index is 14.7. The van der Waals surface area contributed by atoms with Crippen LogP contribution in [0.1, 0.15) is 0 Å². The van der Waals surface area contributed by atoms with Gasteiger partial charge in [-0.15, -0.1) is 10.2 Å². The second kappa shape index (κ2) is 7.58. The molecule has 4 rings (SSSR count). The molecule has 0 saturated carbocycles. The number of hydrogen-bond donors (Lipinski definition) is 1. The van der Waals surface area contributed by atoms with Crippen LogP contribution in [-0.2, 0) is 11.8 Å². The Bertz CT molecular complexity index is 1120. The van der Waals surface area contributed by atoms with Gasteiger partial charge >= 0.3 is 12.0 Å². The Kier molecular flexibility index (Phi) is 5.05. The van der Waals surface area contributed by atoms with E-state index in [1.54, 1.807) is 19.2 Å². The smallest absolute Gasteiger partial charge is 0.414 e. The fourth-order valence-corrected chi connectivity index (χ4v) is 3.01. The van der Waals surface area contributed by atoms with Crippen molar-refractivity contribution in [2.24, 2.45) is 7.05 Å². The third-order valence-electron chi connectivity index (χ3n) is 4.63. The van der Waals surface area contributed by atoms with E-state index in [1.807, 2.05) is 0 Å². The first-order valence-electron chi connectivity index (χ1n) is 8.85. The van der Waals surface area contributed by atoms with Gasteiger partial charge in [-0.05, 0) is 29.5 Å². The Balaban J connectivity index is 1.55.